The molecule has 2 rings (SSSR count). The van der Waals surface area contributed by atoms with Crippen LogP contribution in [0.25, 0.3) is 6.08 Å². The van der Waals surface area contributed by atoms with E-state index in [1.54, 1.807) is 13.1 Å². The molecule has 1 fully saturated rings. The maximum Gasteiger partial charge on any atom is 0.244 e. The molecule has 0 radical (unpaired) electrons. The zero-order valence-electron chi connectivity index (χ0n) is 15.0. The molecule has 1 aromatic heterocycles. The summed E-state index contributed by atoms with van der Waals surface area (Å²) in [6.45, 7) is 4.62. The number of aryl methyl sites for hydroxylation is 1. The van der Waals surface area contributed by atoms with Crippen molar-refractivity contribution in [1.82, 2.24) is 15.2 Å². The van der Waals surface area contributed by atoms with Crippen molar-refractivity contribution in [3.05, 3.63) is 29.1 Å². The Morgan fingerprint density at radius 3 is 2.62 bits per heavy atom. The van der Waals surface area contributed by atoms with Crippen LogP contribution in [-0.4, -0.2) is 30.0 Å². The largest absolute Gasteiger partial charge is 0.359 e. The Labute approximate surface area is 144 Å². The van der Waals surface area contributed by atoms with E-state index in [-0.39, 0.29) is 11.8 Å². The monoisotopic (exact) mass is 331 g/mol. The van der Waals surface area contributed by atoms with Gasteiger partial charge in [0, 0.05) is 43.5 Å². The molecule has 132 valence electrons. The number of carbonyl (C=O) groups is 2. The molecule has 0 saturated heterocycles. The van der Waals surface area contributed by atoms with Crippen molar-refractivity contribution in [1.29, 1.82) is 0 Å². The van der Waals surface area contributed by atoms with Gasteiger partial charge in [-0.1, -0.05) is 19.3 Å². The molecule has 5 nitrogen and oxygen atoms in total. The topological polar surface area (TPSA) is 63.1 Å². The van der Waals surface area contributed by atoms with E-state index in [1.165, 1.54) is 43.5 Å². The van der Waals surface area contributed by atoms with Crippen LogP contribution in [-0.2, 0) is 9.59 Å². The van der Waals surface area contributed by atoms with Crippen LogP contribution in [0.3, 0.4) is 0 Å². The molecule has 0 bridgehead atoms. The van der Waals surface area contributed by atoms with Gasteiger partial charge in [-0.05, 0) is 44.4 Å². The van der Waals surface area contributed by atoms with Gasteiger partial charge in [0.25, 0.3) is 0 Å². The van der Waals surface area contributed by atoms with Crippen LogP contribution in [0.2, 0.25) is 0 Å². The lowest BCUT2D eigenvalue weighted by Gasteiger charge is -2.26. The number of rotatable bonds is 6. The Morgan fingerprint density at radius 1 is 1.25 bits per heavy atom. The molecule has 0 atom stereocenters. The van der Waals surface area contributed by atoms with Gasteiger partial charge in [-0.2, -0.15) is 0 Å². The van der Waals surface area contributed by atoms with Crippen LogP contribution in [0, 0.1) is 13.8 Å². The molecule has 0 aromatic carbocycles. The lowest BCUT2D eigenvalue weighted by molar-refractivity contribution is -0.120. The Hall–Kier alpha value is -2.04. The fourth-order valence-corrected chi connectivity index (χ4v) is 3.52. The zero-order valence-corrected chi connectivity index (χ0v) is 15.0. The van der Waals surface area contributed by atoms with E-state index in [1.807, 2.05) is 6.08 Å². The smallest absolute Gasteiger partial charge is 0.244 e. The van der Waals surface area contributed by atoms with Crippen molar-refractivity contribution in [2.24, 2.45) is 0 Å². The van der Waals surface area contributed by atoms with Crippen molar-refractivity contribution in [3.63, 3.8) is 0 Å². The first kappa shape index (κ1) is 18.3. The molecule has 5 heteroatoms. The van der Waals surface area contributed by atoms with Gasteiger partial charge in [0.2, 0.25) is 11.8 Å². The highest BCUT2D eigenvalue weighted by Gasteiger charge is 2.19. The van der Waals surface area contributed by atoms with E-state index < -0.39 is 0 Å². The van der Waals surface area contributed by atoms with Crippen molar-refractivity contribution in [2.75, 3.05) is 13.6 Å². The quantitative estimate of drug-likeness (QED) is 0.787. The molecule has 0 aliphatic heterocycles. The molecule has 1 saturated carbocycles. The van der Waals surface area contributed by atoms with Gasteiger partial charge in [-0.25, -0.2) is 0 Å². The highest BCUT2D eigenvalue weighted by atomic mass is 16.2. The third-order valence-corrected chi connectivity index (χ3v) is 4.81. The minimum Gasteiger partial charge on any atom is -0.359 e. The van der Waals surface area contributed by atoms with Gasteiger partial charge in [-0.15, -0.1) is 0 Å². The third-order valence-electron chi connectivity index (χ3n) is 4.81. The zero-order chi connectivity index (χ0) is 17.5. The first-order valence-electron chi connectivity index (χ1n) is 8.88. The molecule has 2 N–H and O–H groups in total. The lowest BCUT2D eigenvalue weighted by atomic mass is 9.95. The van der Waals surface area contributed by atoms with Gasteiger partial charge in [0.15, 0.2) is 0 Å². The molecule has 0 spiro atoms. The van der Waals surface area contributed by atoms with E-state index >= 15 is 0 Å². The van der Waals surface area contributed by atoms with Crippen molar-refractivity contribution in [2.45, 2.75) is 58.4 Å². The second-order valence-electron chi connectivity index (χ2n) is 6.54. The van der Waals surface area contributed by atoms with Gasteiger partial charge in [-0.3, -0.25) is 9.59 Å². The average molecular weight is 331 g/mol. The van der Waals surface area contributed by atoms with Crippen LogP contribution < -0.4 is 10.6 Å². The van der Waals surface area contributed by atoms with Gasteiger partial charge in [0.05, 0.1) is 0 Å². The van der Waals surface area contributed by atoms with Crippen LogP contribution in [0.15, 0.2) is 12.1 Å². The highest BCUT2D eigenvalue weighted by Crippen LogP contribution is 2.32. The summed E-state index contributed by atoms with van der Waals surface area (Å²) in [5, 5.41) is 5.26. The molecule has 2 amide bonds. The fraction of sp³-hybridized carbons (Fsp3) is 0.579. The van der Waals surface area contributed by atoms with Gasteiger partial charge >= 0.3 is 0 Å². The fourth-order valence-electron chi connectivity index (χ4n) is 3.52. The normalized spacial score (nSPS) is 15.6. The SMILES string of the molecule is CNC(=O)CCNC(=O)/C=C/c1cc(C)n(C2CCCCC2)c1C. The maximum absolute atomic E-state index is 11.9. The molecule has 1 aliphatic carbocycles. The van der Waals surface area contributed by atoms with E-state index in [0.29, 0.717) is 19.0 Å². The Bertz CT molecular complexity index is 610. The number of carbonyl (C=O) groups excluding carboxylic acids is 2. The first-order valence-corrected chi connectivity index (χ1v) is 8.88. The minimum atomic E-state index is -0.165. The second-order valence-corrected chi connectivity index (χ2v) is 6.54. The number of nitrogens with zero attached hydrogens (tertiary/aromatic N) is 1. The van der Waals surface area contributed by atoms with E-state index in [2.05, 4.69) is 35.1 Å². The van der Waals surface area contributed by atoms with Crippen LogP contribution in [0.4, 0.5) is 0 Å². The number of nitrogens with one attached hydrogen (secondary N) is 2. The number of aromatic nitrogens is 1. The minimum absolute atomic E-state index is 0.0738. The Kier molecular flexibility index (Phi) is 6.64. The van der Waals surface area contributed by atoms with Gasteiger partial charge < -0.3 is 15.2 Å². The number of amides is 2. The summed E-state index contributed by atoms with van der Waals surface area (Å²) in [4.78, 5) is 23.0. The maximum atomic E-state index is 11.9. The number of hydrogen-bond donors (Lipinski definition) is 2. The summed E-state index contributed by atoms with van der Waals surface area (Å²) in [7, 11) is 1.59. The van der Waals surface area contributed by atoms with Crippen LogP contribution in [0.5, 0.6) is 0 Å². The predicted octanol–water partition coefficient (Wildman–Crippen LogP) is 2.88. The standard InChI is InChI=1S/C19H29N3O2/c1-14-13-16(9-10-19(24)21-12-11-18(23)20-3)15(2)22(14)17-7-5-4-6-8-17/h9-10,13,17H,4-8,11-12H2,1-3H3,(H,20,23)(H,21,24)/b10-9+. The summed E-state index contributed by atoms with van der Waals surface area (Å²) < 4.78 is 2.43. The molecular formula is C19H29N3O2. The van der Waals surface area contributed by atoms with E-state index in [4.69, 9.17) is 0 Å². The van der Waals surface area contributed by atoms with Crippen LogP contribution in [0.1, 0.15) is 61.5 Å². The summed E-state index contributed by atoms with van der Waals surface area (Å²) in [6, 6.07) is 2.75. The first-order chi connectivity index (χ1) is 11.5. The molecule has 0 unspecified atom stereocenters. The van der Waals surface area contributed by atoms with E-state index in [0.717, 1.165) is 5.56 Å². The Balaban J connectivity index is 1.97. The average Bonchev–Trinajstić information content (AvgIpc) is 2.87. The lowest BCUT2D eigenvalue weighted by Crippen LogP contribution is -2.27. The molecule has 24 heavy (non-hydrogen) atoms. The highest BCUT2D eigenvalue weighted by molar-refractivity contribution is 5.92. The van der Waals surface area contributed by atoms with Crippen molar-refractivity contribution in [3.8, 4) is 0 Å². The Morgan fingerprint density at radius 2 is 1.96 bits per heavy atom. The third kappa shape index (κ3) is 4.73. The molecule has 1 aliphatic rings. The van der Waals surface area contributed by atoms with Crippen molar-refractivity contribution >= 4 is 17.9 Å². The number of hydrogen-bond acceptors (Lipinski definition) is 2. The summed E-state index contributed by atoms with van der Waals surface area (Å²) in [6.07, 6.45) is 10.2. The van der Waals surface area contributed by atoms with Crippen molar-refractivity contribution < 1.29 is 9.59 Å². The van der Waals surface area contributed by atoms with Crippen LogP contribution >= 0.6 is 0 Å². The predicted molar refractivity (Wildman–Crippen MR) is 96.8 cm³/mol. The van der Waals surface area contributed by atoms with E-state index in [9.17, 15) is 9.59 Å². The molecule has 1 heterocycles. The second kappa shape index (κ2) is 8.71. The summed E-state index contributed by atoms with van der Waals surface area (Å²) in [5.74, 6) is -0.239. The molecular weight excluding hydrogens is 302 g/mol. The molecule has 1 aromatic rings. The summed E-state index contributed by atoms with van der Waals surface area (Å²) in [5.41, 5.74) is 3.59. The van der Waals surface area contributed by atoms with Gasteiger partial charge in [0.1, 0.15) is 0 Å². The summed E-state index contributed by atoms with van der Waals surface area (Å²) >= 11 is 0.